The largest absolute Gasteiger partial charge is 0.494 e. The lowest BCUT2D eigenvalue weighted by atomic mass is 10.1. The van der Waals surface area contributed by atoms with Crippen molar-refractivity contribution in [2.24, 2.45) is 0 Å². The zero-order chi connectivity index (χ0) is 13.9. The molecule has 0 unspecified atom stereocenters. The summed E-state index contributed by atoms with van der Waals surface area (Å²) in [5, 5.41) is 0. The van der Waals surface area contributed by atoms with Crippen LogP contribution in [0, 0.1) is 13.8 Å². The van der Waals surface area contributed by atoms with Gasteiger partial charge in [-0.1, -0.05) is 38.2 Å². The maximum absolute atomic E-state index is 5.78. The van der Waals surface area contributed by atoms with Crippen molar-refractivity contribution in [2.75, 3.05) is 12.4 Å². The Bertz CT molecular complexity index is 349. The highest BCUT2D eigenvalue weighted by Gasteiger charge is 1.97. The third-order valence-electron chi connectivity index (χ3n) is 3.55. The van der Waals surface area contributed by atoms with E-state index in [4.69, 9.17) is 4.74 Å². The molecule has 0 fully saturated rings. The van der Waals surface area contributed by atoms with Crippen LogP contribution in [-0.4, -0.2) is 12.4 Å². The highest BCUT2D eigenvalue weighted by atomic mass is 32.1. The first-order chi connectivity index (χ1) is 9.24. The SMILES string of the molecule is Cc1ccc(OCCCCCCCCCS)cc1C. The fraction of sp³-hybridized carbons (Fsp3) is 0.647. The van der Waals surface area contributed by atoms with Crippen LogP contribution in [-0.2, 0) is 0 Å². The van der Waals surface area contributed by atoms with Crippen LogP contribution in [0.15, 0.2) is 18.2 Å². The first-order valence-corrected chi connectivity index (χ1v) is 8.18. The van der Waals surface area contributed by atoms with E-state index in [1.165, 1.54) is 56.1 Å². The van der Waals surface area contributed by atoms with Crippen LogP contribution < -0.4 is 4.74 Å². The number of benzene rings is 1. The maximum atomic E-state index is 5.78. The fourth-order valence-electron chi connectivity index (χ4n) is 2.09. The van der Waals surface area contributed by atoms with E-state index in [9.17, 15) is 0 Å². The van der Waals surface area contributed by atoms with Gasteiger partial charge in [-0.15, -0.1) is 0 Å². The van der Waals surface area contributed by atoms with Crippen LogP contribution in [0.1, 0.15) is 56.1 Å². The van der Waals surface area contributed by atoms with E-state index in [1.807, 2.05) is 0 Å². The number of thiol groups is 1. The van der Waals surface area contributed by atoms with Gasteiger partial charge in [-0.25, -0.2) is 0 Å². The molecule has 0 heterocycles. The Morgan fingerprint density at radius 2 is 1.47 bits per heavy atom. The molecule has 0 aromatic heterocycles. The smallest absolute Gasteiger partial charge is 0.119 e. The second kappa shape index (κ2) is 10.2. The highest BCUT2D eigenvalue weighted by molar-refractivity contribution is 7.80. The first kappa shape index (κ1) is 16.4. The topological polar surface area (TPSA) is 9.23 Å². The van der Waals surface area contributed by atoms with E-state index in [1.54, 1.807) is 0 Å². The van der Waals surface area contributed by atoms with E-state index in [-0.39, 0.29) is 0 Å². The van der Waals surface area contributed by atoms with Crippen LogP contribution in [0.3, 0.4) is 0 Å². The average molecular weight is 280 g/mol. The lowest BCUT2D eigenvalue weighted by molar-refractivity contribution is 0.304. The number of hydrogen-bond acceptors (Lipinski definition) is 2. The van der Waals surface area contributed by atoms with E-state index >= 15 is 0 Å². The van der Waals surface area contributed by atoms with Crippen LogP contribution in [0.5, 0.6) is 5.75 Å². The monoisotopic (exact) mass is 280 g/mol. The predicted molar refractivity (Wildman–Crippen MR) is 87.6 cm³/mol. The van der Waals surface area contributed by atoms with Gasteiger partial charge < -0.3 is 4.74 Å². The van der Waals surface area contributed by atoms with Gasteiger partial charge in [-0.2, -0.15) is 12.6 Å². The first-order valence-electron chi connectivity index (χ1n) is 7.55. The second-order valence-electron chi connectivity index (χ2n) is 5.29. The molecule has 19 heavy (non-hydrogen) atoms. The van der Waals surface area contributed by atoms with Crippen molar-refractivity contribution in [1.82, 2.24) is 0 Å². The molecule has 1 nitrogen and oxygen atoms in total. The number of hydrogen-bond donors (Lipinski definition) is 1. The van der Waals surface area contributed by atoms with Gasteiger partial charge in [0.1, 0.15) is 5.75 Å². The summed E-state index contributed by atoms with van der Waals surface area (Å²) in [7, 11) is 0. The van der Waals surface area contributed by atoms with Gasteiger partial charge in [0.15, 0.2) is 0 Å². The van der Waals surface area contributed by atoms with Crippen molar-refractivity contribution >= 4 is 12.6 Å². The molecule has 0 atom stereocenters. The van der Waals surface area contributed by atoms with Gasteiger partial charge in [-0.05, 0) is 55.7 Å². The van der Waals surface area contributed by atoms with Crippen LogP contribution in [0.25, 0.3) is 0 Å². The molecule has 108 valence electrons. The number of aryl methyl sites for hydroxylation is 2. The van der Waals surface area contributed by atoms with Crippen molar-refractivity contribution in [3.05, 3.63) is 29.3 Å². The minimum absolute atomic E-state index is 0.846. The summed E-state index contributed by atoms with van der Waals surface area (Å²) in [6, 6.07) is 6.33. The number of ether oxygens (including phenoxy) is 1. The molecule has 0 aliphatic heterocycles. The Labute approximate surface area is 124 Å². The Balaban J connectivity index is 2.00. The Morgan fingerprint density at radius 3 is 2.11 bits per heavy atom. The third-order valence-corrected chi connectivity index (χ3v) is 3.87. The highest BCUT2D eigenvalue weighted by Crippen LogP contribution is 2.17. The summed E-state index contributed by atoms with van der Waals surface area (Å²) in [5.41, 5.74) is 2.63. The van der Waals surface area contributed by atoms with Gasteiger partial charge in [0.05, 0.1) is 6.61 Å². The molecule has 2 heteroatoms. The molecule has 0 radical (unpaired) electrons. The van der Waals surface area contributed by atoms with Gasteiger partial charge in [0.2, 0.25) is 0 Å². The summed E-state index contributed by atoms with van der Waals surface area (Å²) in [6.45, 7) is 5.11. The quantitative estimate of drug-likeness (QED) is 0.449. The molecule has 0 N–H and O–H groups in total. The van der Waals surface area contributed by atoms with E-state index in [0.717, 1.165) is 18.1 Å². The number of unbranched alkanes of at least 4 members (excludes halogenated alkanes) is 6. The minimum atomic E-state index is 0.846. The molecular formula is C17H28OS. The molecule has 1 aromatic carbocycles. The Kier molecular flexibility index (Phi) is 8.81. The molecule has 0 aliphatic carbocycles. The Morgan fingerprint density at radius 1 is 0.842 bits per heavy atom. The summed E-state index contributed by atoms with van der Waals surface area (Å²) < 4.78 is 5.78. The lowest BCUT2D eigenvalue weighted by Crippen LogP contribution is -1.98. The van der Waals surface area contributed by atoms with E-state index in [0.29, 0.717) is 0 Å². The Hall–Kier alpha value is -0.630. The van der Waals surface area contributed by atoms with Gasteiger partial charge in [0, 0.05) is 0 Å². The minimum Gasteiger partial charge on any atom is -0.494 e. The van der Waals surface area contributed by atoms with Crippen LogP contribution in [0.2, 0.25) is 0 Å². The van der Waals surface area contributed by atoms with Crippen molar-refractivity contribution in [3.8, 4) is 5.75 Å². The summed E-state index contributed by atoms with van der Waals surface area (Å²) in [6.07, 6.45) is 9.10. The van der Waals surface area contributed by atoms with Crippen molar-refractivity contribution in [3.63, 3.8) is 0 Å². The molecule has 0 saturated heterocycles. The molecule has 0 bridgehead atoms. The molecule has 0 aliphatic rings. The van der Waals surface area contributed by atoms with Crippen molar-refractivity contribution < 1.29 is 4.74 Å². The molecule has 1 rings (SSSR count). The summed E-state index contributed by atoms with van der Waals surface area (Å²) >= 11 is 4.22. The van der Waals surface area contributed by atoms with Gasteiger partial charge in [-0.3, -0.25) is 0 Å². The summed E-state index contributed by atoms with van der Waals surface area (Å²) in [4.78, 5) is 0. The summed E-state index contributed by atoms with van der Waals surface area (Å²) in [5.74, 6) is 2.04. The maximum Gasteiger partial charge on any atom is 0.119 e. The molecule has 0 saturated carbocycles. The lowest BCUT2D eigenvalue weighted by Gasteiger charge is -2.08. The normalized spacial score (nSPS) is 10.7. The van der Waals surface area contributed by atoms with Crippen LogP contribution in [0.4, 0.5) is 0 Å². The average Bonchev–Trinajstić information content (AvgIpc) is 2.41. The van der Waals surface area contributed by atoms with Crippen LogP contribution >= 0.6 is 12.6 Å². The predicted octanol–water partition coefficient (Wildman–Crippen LogP) is 5.34. The van der Waals surface area contributed by atoms with Crippen molar-refractivity contribution in [1.29, 1.82) is 0 Å². The standard InChI is InChI=1S/C17H28OS/c1-15-10-11-17(14-16(15)2)18-12-8-6-4-3-5-7-9-13-19/h10-11,14,19H,3-9,12-13H2,1-2H3. The zero-order valence-corrected chi connectivity index (χ0v) is 13.3. The zero-order valence-electron chi connectivity index (χ0n) is 12.5. The van der Waals surface area contributed by atoms with Crippen molar-refractivity contribution in [2.45, 2.75) is 58.8 Å². The van der Waals surface area contributed by atoms with Gasteiger partial charge >= 0.3 is 0 Å². The molecule has 1 aromatic rings. The van der Waals surface area contributed by atoms with E-state index < -0.39 is 0 Å². The fourth-order valence-corrected chi connectivity index (χ4v) is 2.32. The molecular weight excluding hydrogens is 252 g/mol. The van der Waals surface area contributed by atoms with E-state index in [2.05, 4.69) is 44.7 Å². The van der Waals surface area contributed by atoms with Gasteiger partial charge in [0.25, 0.3) is 0 Å². The number of rotatable bonds is 10. The molecule has 0 spiro atoms. The second-order valence-corrected chi connectivity index (χ2v) is 5.74. The molecule has 0 amide bonds. The third kappa shape index (κ3) is 7.51.